The number of nitrogens with one attached hydrogen (secondary N) is 1. The molecule has 19 heavy (non-hydrogen) atoms. The highest BCUT2D eigenvalue weighted by molar-refractivity contribution is 7.13. The Bertz CT molecular complexity index is 458. The summed E-state index contributed by atoms with van der Waals surface area (Å²) in [5.41, 5.74) is -0.435. The van der Waals surface area contributed by atoms with Gasteiger partial charge in [0.2, 0.25) is 0 Å². The summed E-state index contributed by atoms with van der Waals surface area (Å²) < 4.78 is 0. The Balaban J connectivity index is 1.87. The highest BCUT2D eigenvalue weighted by Gasteiger charge is 2.36. The van der Waals surface area contributed by atoms with Gasteiger partial charge in [-0.1, -0.05) is 13.8 Å². The molecule has 0 radical (unpaired) electrons. The summed E-state index contributed by atoms with van der Waals surface area (Å²) in [6.07, 6.45) is 5.09. The van der Waals surface area contributed by atoms with E-state index in [1.807, 2.05) is 6.92 Å². The Hall–Kier alpha value is -0.940. The van der Waals surface area contributed by atoms with Crippen LogP contribution in [0.3, 0.4) is 0 Å². The molecule has 0 atom stereocenters. The number of aromatic nitrogens is 1. The van der Waals surface area contributed by atoms with Gasteiger partial charge >= 0.3 is 0 Å². The molecule has 0 aliphatic heterocycles. The van der Waals surface area contributed by atoms with Crippen LogP contribution in [0.5, 0.6) is 0 Å². The van der Waals surface area contributed by atoms with Gasteiger partial charge in [-0.15, -0.1) is 11.3 Å². The molecule has 1 aromatic rings. The average Bonchev–Trinajstić information content (AvgIpc) is 2.78. The molecule has 1 fully saturated rings. The van der Waals surface area contributed by atoms with E-state index in [-0.39, 0.29) is 5.91 Å². The first kappa shape index (κ1) is 14.5. The van der Waals surface area contributed by atoms with Gasteiger partial charge in [-0.25, -0.2) is 4.98 Å². The summed E-state index contributed by atoms with van der Waals surface area (Å²) in [6, 6.07) is 0. The van der Waals surface area contributed by atoms with Gasteiger partial charge < -0.3 is 10.4 Å². The number of carbonyl (C=O) groups is 1. The molecule has 5 heteroatoms. The predicted molar refractivity (Wildman–Crippen MR) is 76.4 cm³/mol. The third-order valence-electron chi connectivity index (χ3n) is 3.96. The summed E-state index contributed by atoms with van der Waals surface area (Å²) in [7, 11) is 0. The minimum atomic E-state index is -0.745. The lowest BCUT2D eigenvalue weighted by molar-refractivity contribution is -0.0232. The van der Waals surface area contributed by atoms with E-state index in [4.69, 9.17) is 0 Å². The van der Waals surface area contributed by atoms with Crippen LogP contribution in [-0.4, -0.2) is 28.1 Å². The zero-order chi connectivity index (χ0) is 14.1. The van der Waals surface area contributed by atoms with Gasteiger partial charge in [-0.2, -0.15) is 0 Å². The van der Waals surface area contributed by atoms with Crippen molar-refractivity contribution in [1.82, 2.24) is 10.3 Å². The molecule has 0 bridgehead atoms. The molecule has 1 aliphatic carbocycles. The molecule has 2 rings (SSSR count). The summed E-state index contributed by atoms with van der Waals surface area (Å²) >= 11 is 1.38. The minimum Gasteiger partial charge on any atom is -0.388 e. The Morgan fingerprint density at radius 2 is 2.05 bits per heavy atom. The quantitative estimate of drug-likeness (QED) is 0.895. The molecular weight excluding hydrogens is 260 g/mol. The van der Waals surface area contributed by atoms with Gasteiger partial charge in [0, 0.05) is 6.54 Å². The number of thiazole rings is 1. The average molecular weight is 282 g/mol. The molecule has 106 valence electrons. The van der Waals surface area contributed by atoms with Crippen LogP contribution in [0.1, 0.15) is 54.2 Å². The first-order valence-corrected chi connectivity index (χ1v) is 7.54. The smallest absolute Gasteiger partial charge is 0.263 e. The van der Waals surface area contributed by atoms with Crippen molar-refractivity contribution in [2.24, 2.45) is 5.41 Å². The summed E-state index contributed by atoms with van der Waals surface area (Å²) in [4.78, 5) is 16.6. The normalized spacial score (nSPS) is 21.1. The van der Waals surface area contributed by atoms with Gasteiger partial charge in [0.05, 0.1) is 16.8 Å². The van der Waals surface area contributed by atoms with E-state index in [1.54, 1.807) is 6.20 Å². The van der Waals surface area contributed by atoms with Crippen molar-refractivity contribution in [3.8, 4) is 0 Å². The second-order valence-electron chi connectivity index (χ2n) is 6.31. The highest BCUT2D eigenvalue weighted by atomic mass is 32.1. The van der Waals surface area contributed by atoms with Crippen LogP contribution in [0.2, 0.25) is 0 Å². The van der Waals surface area contributed by atoms with E-state index in [0.29, 0.717) is 16.8 Å². The third-order valence-corrected chi connectivity index (χ3v) is 4.87. The van der Waals surface area contributed by atoms with Crippen LogP contribution in [0.25, 0.3) is 0 Å². The maximum atomic E-state index is 11.9. The molecule has 1 heterocycles. The van der Waals surface area contributed by atoms with Gasteiger partial charge in [0.25, 0.3) is 5.91 Å². The molecule has 1 amide bonds. The summed E-state index contributed by atoms with van der Waals surface area (Å²) in [6.45, 7) is 6.66. The largest absolute Gasteiger partial charge is 0.388 e. The number of rotatable bonds is 3. The van der Waals surface area contributed by atoms with E-state index < -0.39 is 5.60 Å². The van der Waals surface area contributed by atoms with E-state index in [1.165, 1.54) is 11.3 Å². The molecule has 2 N–H and O–H groups in total. The maximum absolute atomic E-state index is 11.9. The standard InChI is InChI=1S/C14H22N2O2S/c1-10-15-8-11(19-10)12(17)16-9-14(18)6-4-13(2,3)5-7-14/h8,18H,4-7,9H2,1-3H3,(H,16,17). The van der Waals surface area contributed by atoms with Crippen LogP contribution < -0.4 is 5.32 Å². The summed E-state index contributed by atoms with van der Waals surface area (Å²) in [5.74, 6) is -0.135. The number of carbonyl (C=O) groups excluding carboxylic acids is 1. The van der Waals surface area contributed by atoms with Crippen LogP contribution in [0.15, 0.2) is 6.20 Å². The zero-order valence-electron chi connectivity index (χ0n) is 11.8. The number of amides is 1. The number of nitrogens with zero attached hydrogens (tertiary/aromatic N) is 1. The first-order valence-electron chi connectivity index (χ1n) is 6.73. The monoisotopic (exact) mass is 282 g/mol. The topological polar surface area (TPSA) is 62.2 Å². The second-order valence-corrected chi connectivity index (χ2v) is 7.55. The summed E-state index contributed by atoms with van der Waals surface area (Å²) in [5, 5.41) is 14.2. The Morgan fingerprint density at radius 3 is 2.58 bits per heavy atom. The van der Waals surface area contributed by atoms with Crippen molar-refractivity contribution in [1.29, 1.82) is 0 Å². The fraction of sp³-hybridized carbons (Fsp3) is 0.714. The highest BCUT2D eigenvalue weighted by Crippen LogP contribution is 2.39. The SMILES string of the molecule is Cc1ncc(C(=O)NCC2(O)CCC(C)(C)CC2)s1. The van der Waals surface area contributed by atoms with E-state index in [2.05, 4.69) is 24.1 Å². The maximum Gasteiger partial charge on any atom is 0.263 e. The predicted octanol–water partition coefficient (Wildman–Crippen LogP) is 2.51. The van der Waals surface area contributed by atoms with Crippen LogP contribution in [-0.2, 0) is 0 Å². The Kier molecular flexibility index (Phi) is 3.97. The van der Waals surface area contributed by atoms with Crippen molar-refractivity contribution in [3.63, 3.8) is 0 Å². The lowest BCUT2D eigenvalue weighted by atomic mass is 9.71. The fourth-order valence-corrected chi connectivity index (χ4v) is 3.06. The lowest BCUT2D eigenvalue weighted by Crippen LogP contribution is -2.46. The molecule has 4 nitrogen and oxygen atoms in total. The first-order chi connectivity index (χ1) is 8.80. The number of aryl methyl sites for hydroxylation is 1. The molecule has 1 aliphatic rings. The van der Waals surface area contributed by atoms with Gasteiger partial charge in [-0.05, 0) is 38.0 Å². The second kappa shape index (κ2) is 5.21. The van der Waals surface area contributed by atoms with E-state index >= 15 is 0 Å². The van der Waals surface area contributed by atoms with Crippen molar-refractivity contribution < 1.29 is 9.90 Å². The Morgan fingerprint density at radius 1 is 1.42 bits per heavy atom. The zero-order valence-corrected chi connectivity index (χ0v) is 12.6. The van der Waals surface area contributed by atoms with Crippen LogP contribution in [0, 0.1) is 12.3 Å². The van der Waals surface area contributed by atoms with Gasteiger partial charge in [-0.3, -0.25) is 4.79 Å². The van der Waals surface area contributed by atoms with Gasteiger partial charge in [0.15, 0.2) is 0 Å². The van der Waals surface area contributed by atoms with Crippen LogP contribution >= 0.6 is 11.3 Å². The van der Waals surface area contributed by atoms with Crippen molar-refractivity contribution >= 4 is 17.2 Å². The van der Waals surface area contributed by atoms with Crippen molar-refractivity contribution in [2.45, 2.75) is 52.1 Å². The molecule has 1 saturated carbocycles. The third kappa shape index (κ3) is 3.76. The number of hydrogen-bond donors (Lipinski definition) is 2. The van der Waals surface area contributed by atoms with E-state index in [0.717, 1.165) is 30.7 Å². The van der Waals surface area contributed by atoms with Gasteiger partial charge in [0.1, 0.15) is 4.88 Å². The van der Waals surface area contributed by atoms with Crippen LogP contribution in [0.4, 0.5) is 0 Å². The Labute approximate surface area is 118 Å². The van der Waals surface area contributed by atoms with E-state index in [9.17, 15) is 9.90 Å². The number of hydrogen-bond acceptors (Lipinski definition) is 4. The molecular formula is C14H22N2O2S. The minimum absolute atomic E-state index is 0.135. The molecule has 0 saturated heterocycles. The molecule has 0 spiro atoms. The number of aliphatic hydroxyl groups is 1. The fourth-order valence-electron chi connectivity index (χ4n) is 2.37. The van der Waals surface area contributed by atoms with Crippen molar-refractivity contribution in [3.05, 3.63) is 16.1 Å². The molecule has 0 aromatic carbocycles. The molecule has 0 unspecified atom stereocenters. The van der Waals surface area contributed by atoms with Crippen molar-refractivity contribution in [2.75, 3.05) is 6.54 Å². The lowest BCUT2D eigenvalue weighted by Gasteiger charge is -2.40. The molecule has 1 aromatic heterocycles.